The van der Waals surface area contributed by atoms with E-state index in [1.165, 1.54) is 0 Å². The van der Waals surface area contributed by atoms with E-state index in [0.29, 0.717) is 0 Å². The molecule has 1 aromatic rings. The van der Waals surface area contributed by atoms with Gasteiger partial charge in [-0.15, -0.1) is 0 Å². The molecular weight excluding hydrogens is 225 g/mol. The van der Waals surface area contributed by atoms with Crippen molar-refractivity contribution in [3.05, 3.63) is 23.3 Å². The Morgan fingerprint density at radius 3 is 2.31 bits per heavy atom. The highest BCUT2D eigenvalue weighted by Crippen LogP contribution is 2.27. The number of hydrogen-bond acceptors (Lipinski definition) is 3. The Morgan fingerprint density at radius 2 is 1.94 bits per heavy atom. The minimum atomic E-state index is -4.74. The highest BCUT2D eigenvalue weighted by Gasteiger charge is 2.36. The van der Waals surface area contributed by atoms with E-state index in [0.717, 1.165) is 6.07 Å². The van der Waals surface area contributed by atoms with Gasteiger partial charge in [-0.3, -0.25) is 0 Å². The van der Waals surface area contributed by atoms with Crippen molar-refractivity contribution in [2.24, 2.45) is 0 Å². The molecule has 1 N–H and O–H groups in total. The van der Waals surface area contributed by atoms with Crippen LogP contribution in [0.15, 0.2) is 6.07 Å². The van der Waals surface area contributed by atoms with Crippen LogP contribution in [0.5, 0.6) is 0 Å². The van der Waals surface area contributed by atoms with Gasteiger partial charge in [-0.05, 0) is 12.0 Å². The lowest BCUT2D eigenvalue weighted by Gasteiger charge is -2.10. The second kappa shape index (κ2) is 4.07. The van der Waals surface area contributed by atoms with Crippen molar-refractivity contribution >= 4 is 5.97 Å². The van der Waals surface area contributed by atoms with Gasteiger partial charge in [0.2, 0.25) is 5.82 Å². The summed E-state index contributed by atoms with van der Waals surface area (Å²) in [6, 6.07) is 1.04. The molecule has 16 heavy (non-hydrogen) atoms. The lowest BCUT2D eigenvalue weighted by atomic mass is 10.1. The minimum Gasteiger partial charge on any atom is -0.477 e. The third kappa shape index (κ3) is 2.68. The Labute approximate surface area is 89.1 Å². The quantitative estimate of drug-likeness (QED) is 0.852. The highest BCUT2D eigenvalue weighted by atomic mass is 19.4. The molecule has 0 spiro atoms. The van der Waals surface area contributed by atoms with Gasteiger partial charge in [0, 0.05) is 5.69 Å². The van der Waals surface area contributed by atoms with Crippen LogP contribution in [-0.2, 0) is 6.18 Å². The van der Waals surface area contributed by atoms with E-state index < -0.39 is 23.7 Å². The Morgan fingerprint density at radius 1 is 1.38 bits per heavy atom. The molecule has 1 heterocycles. The van der Waals surface area contributed by atoms with Gasteiger partial charge in [-0.1, -0.05) is 13.8 Å². The van der Waals surface area contributed by atoms with Crippen molar-refractivity contribution in [2.75, 3.05) is 0 Å². The fourth-order valence-corrected chi connectivity index (χ4v) is 0.998. The molecule has 1 aromatic heterocycles. The monoisotopic (exact) mass is 234 g/mol. The minimum absolute atomic E-state index is 0.0553. The predicted octanol–water partition coefficient (Wildman–Crippen LogP) is 2.32. The van der Waals surface area contributed by atoms with Crippen LogP contribution >= 0.6 is 0 Å². The Kier molecular flexibility index (Phi) is 3.16. The fraction of sp³-hybridized carbons (Fsp3) is 0.444. The molecule has 0 aliphatic rings. The van der Waals surface area contributed by atoms with E-state index in [2.05, 4.69) is 9.97 Å². The van der Waals surface area contributed by atoms with Gasteiger partial charge in [-0.2, -0.15) is 13.2 Å². The summed E-state index contributed by atoms with van der Waals surface area (Å²) in [5, 5.41) is 8.62. The summed E-state index contributed by atoms with van der Waals surface area (Å²) < 4.78 is 37.1. The van der Waals surface area contributed by atoms with Crippen molar-refractivity contribution < 1.29 is 23.1 Å². The summed E-state index contributed by atoms with van der Waals surface area (Å²) in [7, 11) is 0. The van der Waals surface area contributed by atoms with Crippen molar-refractivity contribution in [3.63, 3.8) is 0 Å². The Bertz CT molecular complexity index is 416. The number of carboxylic acid groups (broad SMARTS) is 1. The van der Waals surface area contributed by atoms with Crippen LogP contribution in [0.2, 0.25) is 0 Å². The third-order valence-corrected chi connectivity index (χ3v) is 1.81. The Hall–Kier alpha value is -1.66. The first-order chi connectivity index (χ1) is 7.21. The number of halogens is 3. The topological polar surface area (TPSA) is 63.1 Å². The molecule has 88 valence electrons. The summed E-state index contributed by atoms with van der Waals surface area (Å²) in [4.78, 5) is 16.8. The average Bonchev–Trinajstić information content (AvgIpc) is 2.15. The molecule has 0 bridgehead atoms. The van der Waals surface area contributed by atoms with Gasteiger partial charge in [0.25, 0.3) is 0 Å². The van der Waals surface area contributed by atoms with Gasteiger partial charge in [0.1, 0.15) is 0 Å². The van der Waals surface area contributed by atoms with Crippen LogP contribution in [0.3, 0.4) is 0 Å². The highest BCUT2D eigenvalue weighted by molar-refractivity contribution is 5.85. The van der Waals surface area contributed by atoms with Crippen molar-refractivity contribution in [1.29, 1.82) is 0 Å². The van der Waals surface area contributed by atoms with E-state index in [9.17, 15) is 18.0 Å². The average molecular weight is 234 g/mol. The van der Waals surface area contributed by atoms with E-state index >= 15 is 0 Å². The molecule has 0 saturated heterocycles. The molecule has 0 amide bonds. The van der Waals surface area contributed by atoms with Gasteiger partial charge in [0.05, 0.1) is 0 Å². The number of hydrogen-bond donors (Lipinski definition) is 1. The van der Waals surface area contributed by atoms with E-state index in [-0.39, 0.29) is 11.6 Å². The first-order valence-corrected chi connectivity index (χ1v) is 4.41. The molecule has 4 nitrogen and oxygen atoms in total. The second-order valence-electron chi connectivity index (χ2n) is 3.46. The first-order valence-electron chi connectivity index (χ1n) is 4.41. The number of nitrogens with zero attached hydrogens (tertiary/aromatic N) is 2. The van der Waals surface area contributed by atoms with Crippen molar-refractivity contribution in [3.8, 4) is 0 Å². The van der Waals surface area contributed by atoms with Crippen LogP contribution in [0.1, 0.15) is 41.8 Å². The summed E-state index contributed by atoms with van der Waals surface area (Å²) >= 11 is 0. The number of carbonyl (C=O) groups is 1. The zero-order chi connectivity index (χ0) is 12.5. The van der Waals surface area contributed by atoms with Crippen LogP contribution in [0, 0.1) is 0 Å². The maximum atomic E-state index is 12.4. The Balaban J connectivity index is 3.36. The molecular formula is C9H9F3N2O2. The summed E-state index contributed by atoms with van der Waals surface area (Å²) in [5.74, 6) is -3.23. The lowest BCUT2D eigenvalue weighted by Crippen LogP contribution is -2.16. The molecule has 0 unspecified atom stereocenters. The maximum absolute atomic E-state index is 12.4. The smallest absolute Gasteiger partial charge is 0.451 e. The van der Waals surface area contributed by atoms with Gasteiger partial charge < -0.3 is 5.11 Å². The first kappa shape index (κ1) is 12.4. The molecule has 0 atom stereocenters. The fourth-order valence-electron chi connectivity index (χ4n) is 0.998. The summed E-state index contributed by atoms with van der Waals surface area (Å²) in [6.07, 6.45) is -4.74. The van der Waals surface area contributed by atoms with Crippen LogP contribution in [0.25, 0.3) is 0 Å². The summed E-state index contributed by atoms with van der Waals surface area (Å²) in [5.41, 5.74) is -0.592. The molecule has 0 radical (unpaired) electrons. The molecule has 0 aliphatic carbocycles. The maximum Gasteiger partial charge on any atom is 0.451 e. The molecule has 0 saturated carbocycles. The normalized spacial score (nSPS) is 11.9. The van der Waals surface area contributed by atoms with Crippen LogP contribution in [-0.4, -0.2) is 21.0 Å². The zero-order valence-corrected chi connectivity index (χ0v) is 8.54. The number of aromatic nitrogens is 2. The van der Waals surface area contributed by atoms with E-state index in [4.69, 9.17) is 5.11 Å². The largest absolute Gasteiger partial charge is 0.477 e. The standard InChI is InChI=1S/C9H9F3N2O2/c1-4(2)5-3-6(7(15)16)14-8(13-5)9(10,11)12/h3-4H,1-2H3,(H,15,16). The second-order valence-corrected chi connectivity index (χ2v) is 3.46. The third-order valence-electron chi connectivity index (χ3n) is 1.81. The molecule has 0 aliphatic heterocycles. The van der Waals surface area contributed by atoms with Gasteiger partial charge in [-0.25, -0.2) is 14.8 Å². The van der Waals surface area contributed by atoms with Crippen molar-refractivity contribution in [2.45, 2.75) is 25.9 Å². The van der Waals surface area contributed by atoms with Crippen LogP contribution < -0.4 is 0 Å². The van der Waals surface area contributed by atoms with Crippen LogP contribution in [0.4, 0.5) is 13.2 Å². The molecule has 1 rings (SSSR count). The zero-order valence-electron chi connectivity index (χ0n) is 8.54. The number of carboxylic acids is 1. The number of rotatable bonds is 2. The molecule has 7 heteroatoms. The van der Waals surface area contributed by atoms with Gasteiger partial charge >= 0.3 is 12.1 Å². The van der Waals surface area contributed by atoms with Gasteiger partial charge in [0.15, 0.2) is 5.69 Å². The van der Waals surface area contributed by atoms with Crippen molar-refractivity contribution in [1.82, 2.24) is 9.97 Å². The molecule has 0 fully saturated rings. The van der Waals surface area contributed by atoms with E-state index in [1.807, 2.05) is 0 Å². The SMILES string of the molecule is CC(C)c1cc(C(=O)O)nc(C(F)(F)F)n1. The number of alkyl halides is 3. The van der Waals surface area contributed by atoms with E-state index in [1.54, 1.807) is 13.8 Å². The summed E-state index contributed by atoms with van der Waals surface area (Å²) in [6.45, 7) is 3.24. The number of aromatic carboxylic acids is 1. The predicted molar refractivity (Wildman–Crippen MR) is 48.1 cm³/mol. The molecule has 0 aromatic carbocycles. The lowest BCUT2D eigenvalue weighted by molar-refractivity contribution is -0.145.